The monoisotopic (exact) mass is 250 g/mol. The summed E-state index contributed by atoms with van der Waals surface area (Å²) in [5, 5.41) is 11.6. The molecule has 2 N–H and O–H groups in total. The second kappa shape index (κ2) is 6.76. The number of nitrogens with zero attached hydrogens (tertiary/aromatic N) is 1. The van der Waals surface area contributed by atoms with Crippen LogP contribution in [0.25, 0.3) is 0 Å². The Kier molecular flexibility index (Phi) is 5.32. The van der Waals surface area contributed by atoms with Crippen LogP contribution in [-0.4, -0.2) is 49.1 Å². The molecule has 0 spiro atoms. The Hall–Kier alpha value is -1.88. The van der Waals surface area contributed by atoms with Crippen molar-refractivity contribution in [1.82, 2.24) is 10.2 Å². The van der Waals surface area contributed by atoms with E-state index in [4.69, 9.17) is 5.11 Å². The van der Waals surface area contributed by atoms with Gasteiger partial charge in [0.2, 0.25) is 5.91 Å². The van der Waals surface area contributed by atoms with Crippen LogP contribution in [0.1, 0.15) is 15.9 Å². The van der Waals surface area contributed by atoms with E-state index < -0.39 is 5.97 Å². The van der Waals surface area contributed by atoms with E-state index in [0.29, 0.717) is 19.5 Å². The third-order valence-corrected chi connectivity index (χ3v) is 2.37. The third kappa shape index (κ3) is 4.97. The van der Waals surface area contributed by atoms with E-state index in [0.717, 1.165) is 5.56 Å². The number of nitrogens with one attached hydrogen (secondary N) is 1. The number of carbonyl (C=O) groups excluding carboxylic acids is 1. The first-order valence-corrected chi connectivity index (χ1v) is 5.72. The number of aromatic carboxylic acids is 1. The molecule has 0 atom stereocenters. The Morgan fingerprint density at radius 3 is 2.67 bits per heavy atom. The quantitative estimate of drug-likeness (QED) is 0.776. The average molecular weight is 250 g/mol. The van der Waals surface area contributed by atoms with Gasteiger partial charge in [0.05, 0.1) is 12.1 Å². The lowest BCUT2D eigenvalue weighted by Gasteiger charge is -2.10. The normalized spacial score (nSPS) is 10.4. The van der Waals surface area contributed by atoms with Gasteiger partial charge in [0, 0.05) is 6.54 Å². The zero-order valence-electron chi connectivity index (χ0n) is 10.6. The van der Waals surface area contributed by atoms with Crippen LogP contribution >= 0.6 is 0 Å². The summed E-state index contributed by atoms with van der Waals surface area (Å²) < 4.78 is 0. The van der Waals surface area contributed by atoms with Crippen LogP contribution in [0.5, 0.6) is 0 Å². The van der Waals surface area contributed by atoms with Crippen LogP contribution in [0.4, 0.5) is 0 Å². The van der Waals surface area contributed by atoms with Gasteiger partial charge in [0.25, 0.3) is 0 Å². The number of hydrogen-bond donors (Lipinski definition) is 2. The van der Waals surface area contributed by atoms with Gasteiger partial charge in [-0.05, 0) is 38.2 Å². The fourth-order valence-electron chi connectivity index (χ4n) is 1.55. The van der Waals surface area contributed by atoms with Crippen LogP contribution in [0.3, 0.4) is 0 Å². The van der Waals surface area contributed by atoms with Crippen molar-refractivity contribution >= 4 is 11.9 Å². The maximum atomic E-state index is 11.4. The predicted octanol–water partition coefficient (Wildman–Crippen LogP) is 0.605. The van der Waals surface area contributed by atoms with Gasteiger partial charge in [-0.25, -0.2) is 4.79 Å². The highest BCUT2D eigenvalue weighted by Crippen LogP contribution is 2.05. The molecule has 0 aliphatic carbocycles. The van der Waals surface area contributed by atoms with E-state index >= 15 is 0 Å². The Morgan fingerprint density at radius 1 is 1.33 bits per heavy atom. The molecule has 0 aliphatic rings. The van der Waals surface area contributed by atoms with Gasteiger partial charge in [-0.15, -0.1) is 0 Å². The third-order valence-electron chi connectivity index (χ3n) is 2.37. The molecule has 0 saturated heterocycles. The van der Waals surface area contributed by atoms with Gasteiger partial charge >= 0.3 is 5.97 Å². The number of likely N-dealkylation sites (N-methyl/N-ethyl adjacent to an activating group) is 1. The molecule has 5 nitrogen and oxygen atoms in total. The summed E-state index contributed by atoms with van der Waals surface area (Å²) >= 11 is 0. The van der Waals surface area contributed by atoms with Gasteiger partial charge in [0.15, 0.2) is 0 Å². The summed E-state index contributed by atoms with van der Waals surface area (Å²) in [7, 11) is 3.66. The topological polar surface area (TPSA) is 69.6 Å². The summed E-state index contributed by atoms with van der Waals surface area (Å²) in [4.78, 5) is 23.9. The van der Waals surface area contributed by atoms with Crippen molar-refractivity contribution in [1.29, 1.82) is 0 Å². The van der Waals surface area contributed by atoms with Crippen LogP contribution in [-0.2, 0) is 11.2 Å². The summed E-state index contributed by atoms with van der Waals surface area (Å²) in [6.07, 6.45) is 0.625. The number of carboxylic acids is 1. The molecule has 0 heterocycles. The Balaban J connectivity index is 2.42. The van der Waals surface area contributed by atoms with Crippen molar-refractivity contribution < 1.29 is 14.7 Å². The lowest BCUT2D eigenvalue weighted by molar-refractivity contribution is -0.121. The van der Waals surface area contributed by atoms with Crippen LogP contribution < -0.4 is 5.32 Å². The molecular formula is C13H18N2O3. The summed E-state index contributed by atoms with van der Waals surface area (Å²) in [6, 6.07) is 6.74. The molecule has 0 radical (unpaired) electrons. The lowest BCUT2D eigenvalue weighted by Crippen LogP contribution is -2.34. The second-order valence-corrected chi connectivity index (χ2v) is 4.34. The fourth-order valence-corrected chi connectivity index (χ4v) is 1.55. The van der Waals surface area contributed by atoms with E-state index in [2.05, 4.69) is 5.32 Å². The minimum atomic E-state index is -0.937. The molecule has 0 saturated carbocycles. The lowest BCUT2D eigenvalue weighted by atomic mass is 10.1. The van der Waals surface area contributed by atoms with Crippen molar-refractivity contribution in [3.63, 3.8) is 0 Å². The molecule has 1 aromatic rings. The average Bonchev–Trinajstić information content (AvgIpc) is 2.28. The van der Waals surface area contributed by atoms with E-state index in [1.807, 2.05) is 20.2 Å². The van der Waals surface area contributed by atoms with Gasteiger partial charge < -0.3 is 15.3 Å². The highest BCUT2D eigenvalue weighted by Gasteiger charge is 2.04. The second-order valence-electron chi connectivity index (χ2n) is 4.34. The van der Waals surface area contributed by atoms with Crippen LogP contribution in [0.15, 0.2) is 24.3 Å². The summed E-state index contributed by atoms with van der Waals surface area (Å²) in [6.45, 7) is 0.866. The van der Waals surface area contributed by atoms with Gasteiger partial charge in [-0.1, -0.05) is 12.1 Å². The number of amides is 1. The van der Waals surface area contributed by atoms with E-state index in [1.165, 1.54) is 0 Å². The van der Waals surface area contributed by atoms with Crippen LogP contribution in [0, 0.1) is 0 Å². The molecule has 1 aromatic carbocycles. The maximum absolute atomic E-state index is 11.4. The zero-order valence-corrected chi connectivity index (χ0v) is 10.6. The summed E-state index contributed by atoms with van der Waals surface area (Å²) in [5.74, 6) is -0.970. The number of benzene rings is 1. The van der Waals surface area contributed by atoms with Crippen molar-refractivity contribution in [3.05, 3.63) is 35.4 Å². The summed E-state index contributed by atoms with van der Waals surface area (Å²) in [5.41, 5.74) is 1.17. The van der Waals surface area contributed by atoms with Crippen molar-refractivity contribution in [2.45, 2.75) is 6.42 Å². The molecule has 0 fully saturated rings. The van der Waals surface area contributed by atoms with Crippen LogP contribution in [0.2, 0.25) is 0 Å². The predicted molar refractivity (Wildman–Crippen MR) is 68.7 cm³/mol. The number of carboxylic acid groups (broad SMARTS) is 1. The van der Waals surface area contributed by atoms with E-state index in [1.54, 1.807) is 23.1 Å². The molecule has 0 aromatic heterocycles. The molecular weight excluding hydrogens is 232 g/mol. The Labute approximate surface area is 106 Å². The largest absolute Gasteiger partial charge is 0.478 e. The first kappa shape index (κ1) is 14.2. The van der Waals surface area contributed by atoms with E-state index in [9.17, 15) is 9.59 Å². The van der Waals surface area contributed by atoms with Crippen molar-refractivity contribution in [2.75, 3.05) is 27.2 Å². The first-order valence-electron chi connectivity index (χ1n) is 5.72. The first-order chi connectivity index (χ1) is 8.49. The molecule has 0 bridgehead atoms. The number of rotatable bonds is 6. The minimum absolute atomic E-state index is 0.0330. The van der Waals surface area contributed by atoms with E-state index in [-0.39, 0.29) is 11.5 Å². The molecule has 18 heavy (non-hydrogen) atoms. The number of hydrogen-bond acceptors (Lipinski definition) is 3. The number of carbonyl (C=O) groups is 2. The zero-order chi connectivity index (χ0) is 13.5. The SMILES string of the molecule is CN(C)CC(=O)NCCc1cccc(C(=O)O)c1. The highest BCUT2D eigenvalue weighted by molar-refractivity contribution is 5.87. The minimum Gasteiger partial charge on any atom is -0.478 e. The standard InChI is InChI=1S/C13H18N2O3/c1-15(2)9-12(16)14-7-6-10-4-3-5-11(8-10)13(17)18/h3-5,8H,6-7,9H2,1-2H3,(H,14,16)(H,17,18). The molecule has 5 heteroatoms. The molecule has 98 valence electrons. The van der Waals surface area contributed by atoms with Crippen molar-refractivity contribution in [3.8, 4) is 0 Å². The van der Waals surface area contributed by atoms with Gasteiger partial charge in [0.1, 0.15) is 0 Å². The smallest absolute Gasteiger partial charge is 0.335 e. The molecule has 1 amide bonds. The molecule has 1 rings (SSSR count). The van der Waals surface area contributed by atoms with Gasteiger partial charge in [-0.2, -0.15) is 0 Å². The van der Waals surface area contributed by atoms with Gasteiger partial charge in [-0.3, -0.25) is 4.79 Å². The maximum Gasteiger partial charge on any atom is 0.335 e. The van der Waals surface area contributed by atoms with Crippen molar-refractivity contribution in [2.24, 2.45) is 0 Å². The highest BCUT2D eigenvalue weighted by atomic mass is 16.4. The molecule has 0 unspecified atom stereocenters. The fraction of sp³-hybridized carbons (Fsp3) is 0.385. The molecule has 0 aliphatic heterocycles. The Bertz CT molecular complexity index is 430. The Morgan fingerprint density at radius 2 is 2.06 bits per heavy atom.